The monoisotopic (exact) mass is 550 g/mol. The molecule has 3 aromatic heterocycles. The lowest BCUT2D eigenvalue weighted by molar-refractivity contribution is 0.191. The van der Waals surface area contributed by atoms with Crippen molar-refractivity contribution in [2.75, 3.05) is 19.6 Å². The van der Waals surface area contributed by atoms with E-state index in [4.69, 9.17) is 0 Å². The van der Waals surface area contributed by atoms with Gasteiger partial charge in [0.2, 0.25) is 0 Å². The van der Waals surface area contributed by atoms with Crippen LogP contribution in [0.3, 0.4) is 0 Å². The molecule has 1 aromatic carbocycles. The first-order valence-corrected chi connectivity index (χ1v) is 11.0. The maximum Gasteiger partial charge on any atom is 0.191 e. The number of halogens is 1. The fourth-order valence-electron chi connectivity index (χ4n) is 3.29. The molecule has 1 atom stereocenters. The minimum atomic E-state index is -0.611. The van der Waals surface area contributed by atoms with Gasteiger partial charge in [0.1, 0.15) is 11.9 Å². The number of nitrogens with zero attached hydrogens (tertiary/aromatic N) is 4. The number of thiophene rings is 1. The molecule has 0 radical (unpaired) electrons. The van der Waals surface area contributed by atoms with Gasteiger partial charge in [-0.05, 0) is 43.0 Å². The third kappa shape index (κ3) is 5.92. The van der Waals surface area contributed by atoms with E-state index < -0.39 is 6.10 Å². The summed E-state index contributed by atoms with van der Waals surface area (Å²) in [6.45, 7) is 3.87. The summed E-state index contributed by atoms with van der Waals surface area (Å²) in [5.74, 6) is 1.67. The van der Waals surface area contributed by atoms with Gasteiger partial charge in [-0.15, -0.1) is 45.5 Å². The Balaban J connectivity index is 0.00000272. The van der Waals surface area contributed by atoms with E-state index in [1.165, 1.54) is 4.70 Å². The van der Waals surface area contributed by atoms with E-state index in [0.717, 1.165) is 47.7 Å². The lowest BCUT2D eigenvalue weighted by Crippen LogP contribution is -2.38. The highest BCUT2D eigenvalue weighted by Crippen LogP contribution is 2.29. The second kappa shape index (κ2) is 11.4. The standard InChI is InChI=1S/C22H26N6OS.HI/c1-2-23-22(24-12-7-11-21-27-26-20-10-5-6-13-28(20)21)25-15-17(29)19-14-16-8-3-4-9-18(16)30-19;/h3-6,8-10,13-14,17,29H,2,7,11-12,15H2,1H3,(H2,23,24,25);1H. The number of hydrogen-bond acceptors (Lipinski definition) is 5. The first kappa shape index (κ1) is 23.4. The van der Waals surface area contributed by atoms with Crippen molar-refractivity contribution in [3.63, 3.8) is 0 Å². The van der Waals surface area contributed by atoms with Gasteiger partial charge >= 0.3 is 0 Å². The fourth-order valence-corrected chi connectivity index (χ4v) is 4.33. The Kier molecular flexibility index (Phi) is 8.61. The van der Waals surface area contributed by atoms with Crippen LogP contribution < -0.4 is 10.6 Å². The van der Waals surface area contributed by atoms with Crippen LogP contribution in [-0.4, -0.2) is 45.3 Å². The normalized spacial score (nSPS) is 12.6. The minimum absolute atomic E-state index is 0. The zero-order chi connectivity index (χ0) is 20.8. The second-order valence-electron chi connectivity index (χ2n) is 7.00. The molecule has 0 fully saturated rings. The number of aryl methyl sites for hydroxylation is 1. The summed E-state index contributed by atoms with van der Waals surface area (Å²) in [6, 6.07) is 16.1. The molecular formula is C22H27IN6OS. The van der Waals surface area contributed by atoms with Crippen molar-refractivity contribution in [3.05, 3.63) is 65.4 Å². The van der Waals surface area contributed by atoms with Crippen LogP contribution in [0, 0.1) is 0 Å². The van der Waals surface area contributed by atoms with Crippen LogP contribution >= 0.6 is 35.3 Å². The van der Waals surface area contributed by atoms with Gasteiger partial charge in [-0.1, -0.05) is 24.3 Å². The van der Waals surface area contributed by atoms with E-state index >= 15 is 0 Å². The molecule has 0 saturated heterocycles. The van der Waals surface area contributed by atoms with Crippen molar-refractivity contribution in [2.24, 2.45) is 4.99 Å². The van der Waals surface area contributed by atoms with Gasteiger partial charge in [0.15, 0.2) is 11.6 Å². The summed E-state index contributed by atoms with van der Waals surface area (Å²) in [7, 11) is 0. The predicted octanol–water partition coefficient (Wildman–Crippen LogP) is 3.78. The maximum atomic E-state index is 10.6. The van der Waals surface area contributed by atoms with Crippen LogP contribution in [0.2, 0.25) is 0 Å². The summed E-state index contributed by atoms with van der Waals surface area (Å²) in [6.07, 6.45) is 3.10. The number of rotatable bonds is 8. The van der Waals surface area contributed by atoms with Crippen molar-refractivity contribution in [1.82, 2.24) is 25.2 Å². The van der Waals surface area contributed by atoms with E-state index in [9.17, 15) is 5.11 Å². The predicted molar refractivity (Wildman–Crippen MR) is 137 cm³/mol. The number of aliphatic hydroxyl groups is 1. The van der Waals surface area contributed by atoms with Crippen LogP contribution in [0.25, 0.3) is 15.7 Å². The van der Waals surface area contributed by atoms with E-state index in [-0.39, 0.29) is 24.0 Å². The van der Waals surface area contributed by atoms with Crippen molar-refractivity contribution >= 4 is 57.0 Å². The lowest BCUT2D eigenvalue weighted by atomic mass is 10.2. The minimum Gasteiger partial charge on any atom is -0.386 e. The van der Waals surface area contributed by atoms with Crippen LogP contribution in [-0.2, 0) is 6.42 Å². The molecule has 9 heteroatoms. The highest BCUT2D eigenvalue weighted by molar-refractivity contribution is 14.0. The molecule has 0 amide bonds. The number of nitrogens with one attached hydrogen (secondary N) is 2. The van der Waals surface area contributed by atoms with E-state index in [0.29, 0.717) is 12.5 Å². The van der Waals surface area contributed by atoms with Crippen LogP contribution in [0.1, 0.15) is 30.2 Å². The summed E-state index contributed by atoms with van der Waals surface area (Å²) in [5, 5.41) is 26.8. The molecule has 3 heterocycles. The first-order valence-electron chi connectivity index (χ1n) is 10.2. The summed E-state index contributed by atoms with van der Waals surface area (Å²) in [4.78, 5) is 5.50. The number of aliphatic hydroxyl groups excluding tert-OH is 1. The molecule has 0 aliphatic heterocycles. The zero-order valence-corrected chi connectivity index (χ0v) is 20.5. The Morgan fingerprint density at radius 1 is 1.16 bits per heavy atom. The molecule has 31 heavy (non-hydrogen) atoms. The Morgan fingerprint density at radius 3 is 2.84 bits per heavy atom. The number of pyridine rings is 1. The molecule has 4 rings (SSSR count). The lowest BCUT2D eigenvalue weighted by Gasteiger charge is -2.12. The number of guanidine groups is 1. The topological polar surface area (TPSA) is 86.8 Å². The Bertz CT molecular complexity index is 1110. The third-order valence-electron chi connectivity index (χ3n) is 4.79. The van der Waals surface area contributed by atoms with Gasteiger partial charge in [0, 0.05) is 35.3 Å². The number of aromatic nitrogens is 3. The molecule has 4 aromatic rings. The van der Waals surface area contributed by atoms with Gasteiger partial charge in [0.05, 0.1) is 6.54 Å². The van der Waals surface area contributed by atoms with Gasteiger partial charge in [-0.3, -0.25) is 9.39 Å². The zero-order valence-electron chi connectivity index (χ0n) is 17.4. The molecule has 0 saturated carbocycles. The molecule has 0 spiro atoms. The SMILES string of the molecule is CCNC(=NCC(O)c1cc2ccccc2s1)NCCCc1nnc2ccccn12.I. The summed E-state index contributed by atoms with van der Waals surface area (Å²) in [5.41, 5.74) is 0.866. The van der Waals surface area contributed by atoms with E-state index in [1.807, 2.05) is 53.9 Å². The molecule has 0 aliphatic carbocycles. The smallest absolute Gasteiger partial charge is 0.191 e. The summed E-state index contributed by atoms with van der Waals surface area (Å²) >= 11 is 1.62. The average Bonchev–Trinajstić information content (AvgIpc) is 3.39. The maximum absolute atomic E-state index is 10.6. The van der Waals surface area contributed by atoms with Crippen molar-refractivity contribution in [1.29, 1.82) is 0 Å². The highest BCUT2D eigenvalue weighted by Gasteiger charge is 2.11. The Morgan fingerprint density at radius 2 is 2.00 bits per heavy atom. The average molecular weight is 550 g/mol. The Labute approximate surface area is 202 Å². The molecule has 0 aliphatic rings. The molecule has 1 unspecified atom stereocenters. The third-order valence-corrected chi connectivity index (χ3v) is 6.01. The van der Waals surface area contributed by atoms with Crippen LogP contribution in [0.4, 0.5) is 0 Å². The second-order valence-corrected chi connectivity index (χ2v) is 8.11. The largest absolute Gasteiger partial charge is 0.386 e. The van der Waals surface area contributed by atoms with Crippen LogP contribution in [0.15, 0.2) is 59.7 Å². The van der Waals surface area contributed by atoms with Gasteiger partial charge < -0.3 is 15.7 Å². The molecular weight excluding hydrogens is 523 g/mol. The molecule has 0 bridgehead atoms. The van der Waals surface area contributed by atoms with Crippen molar-refractivity contribution in [2.45, 2.75) is 25.9 Å². The molecule has 164 valence electrons. The number of hydrogen-bond donors (Lipinski definition) is 3. The number of aliphatic imine (C=N–C) groups is 1. The summed E-state index contributed by atoms with van der Waals surface area (Å²) < 4.78 is 3.20. The highest BCUT2D eigenvalue weighted by atomic mass is 127. The first-order chi connectivity index (χ1) is 14.7. The van der Waals surface area contributed by atoms with E-state index in [1.54, 1.807) is 11.3 Å². The molecule has 3 N–H and O–H groups in total. The van der Waals surface area contributed by atoms with Crippen molar-refractivity contribution < 1.29 is 5.11 Å². The number of fused-ring (bicyclic) bond motifs is 2. The Hall–Kier alpha value is -2.24. The van der Waals surface area contributed by atoms with Gasteiger partial charge in [0.25, 0.3) is 0 Å². The van der Waals surface area contributed by atoms with Gasteiger partial charge in [-0.25, -0.2) is 0 Å². The fraction of sp³-hybridized carbons (Fsp3) is 0.318. The van der Waals surface area contributed by atoms with Gasteiger partial charge in [-0.2, -0.15) is 0 Å². The molecule has 7 nitrogen and oxygen atoms in total. The number of benzene rings is 1. The van der Waals surface area contributed by atoms with Crippen LogP contribution in [0.5, 0.6) is 0 Å². The van der Waals surface area contributed by atoms with Crippen molar-refractivity contribution in [3.8, 4) is 0 Å². The van der Waals surface area contributed by atoms with E-state index in [2.05, 4.69) is 38.0 Å². The quantitative estimate of drug-likeness (QED) is 0.135.